The molecule has 1 amide bonds. The quantitative estimate of drug-likeness (QED) is 0.719. The minimum Gasteiger partial charge on any atom is -0.368 e. The van der Waals surface area contributed by atoms with Crippen molar-refractivity contribution in [1.82, 2.24) is 10.5 Å². The molecule has 0 fully saturated rings. The van der Waals surface area contributed by atoms with E-state index in [1.165, 1.54) is 6.07 Å². The van der Waals surface area contributed by atoms with E-state index >= 15 is 0 Å². The molecule has 0 saturated heterocycles. The fourth-order valence-corrected chi connectivity index (χ4v) is 0.882. The summed E-state index contributed by atoms with van der Waals surface area (Å²) in [6.45, 7) is 1.73. The van der Waals surface area contributed by atoms with Gasteiger partial charge < -0.3 is 15.6 Å². The second-order valence-corrected chi connectivity index (χ2v) is 2.85. The number of amides is 1. The van der Waals surface area contributed by atoms with Crippen molar-refractivity contribution >= 4 is 11.8 Å². The molecule has 1 rings (SSSR count). The van der Waals surface area contributed by atoms with Gasteiger partial charge in [0.05, 0.1) is 12.5 Å². The molecule has 6 nitrogen and oxygen atoms in total. The predicted molar refractivity (Wildman–Crippen MR) is 48.1 cm³/mol. The Morgan fingerprint density at radius 2 is 2.64 bits per heavy atom. The zero-order valence-electron chi connectivity index (χ0n) is 7.65. The van der Waals surface area contributed by atoms with Crippen LogP contribution in [-0.2, 0) is 0 Å². The SMILES string of the molecule is CC(CC#N)NC(=O)c1cc(N)on1. The van der Waals surface area contributed by atoms with E-state index in [1.807, 2.05) is 6.07 Å². The molecule has 0 aliphatic carbocycles. The zero-order chi connectivity index (χ0) is 10.6. The number of hydrogen-bond acceptors (Lipinski definition) is 5. The van der Waals surface area contributed by atoms with E-state index in [2.05, 4.69) is 15.0 Å². The Hall–Kier alpha value is -2.03. The number of nitrogens with zero attached hydrogens (tertiary/aromatic N) is 2. The summed E-state index contributed by atoms with van der Waals surface area (Å²) in [5, 5.41) is 14.4. The van der Waals surface area contributed by atoms with Gasteiger partial charge in [-0.1, -0.05) is 5.16 Å². The summed E-state index contributed by atoms with van der Waals surface area (Å²) in [5.41, 5.74) is 5.36. The van der Waals surface area contributed by atoms with Crippen molar-refractivity contribution in [3.63, 3.8) is 0 Å². The van der Waals surface area contributed by atoms with Gasteiger partial charge in [-0.15, -0.1) is 0 Å². The van der Waals surface area contributed by atoms with Gasteiger partial charge in [0.2, 0.25) is 5.88 Å². The molecule has 0 aliphatic rings. The van der Waals surface area contributed by atoms with Crippen molar-refractivity contribution in [1.29, 1.82) is 5.26 Å². The van der Waals surface area contributed by atoms with Crippen LogP contribution in [0, 0.1) is 11.3 Å². The van der Waals surface area contributed by atoms with Gasteiger partial charge in [0.15, 0.2) is 5.69 Å². The van der Waals surface area contributed by atoms with Crippen LogP contribution in [0.5, 0.6) is 0 Å². The number of nitrogens with one attached hydrogen (secondary N) is 1. The standard InChI is InChI=1S/C8H10N4O2/c1-5(2-3-9)11-8(13)6-4-7(10)14-12-6/h4-5H,2,10H2,1H3,(H,11,13). The molecular formula is C8H10N4O2. The van der Waals surface area contributed by atoms with Gasteiger partial charge in [0.1, 0.15) is 0 Å². The lowest BCUT2D eigenvalue weighted by Gasteiger charge is -2.07. The normalized spacial score (nSPS) is 11.7. The lowest BCUT2D eigenvalue weighted by atomic mass is 10.2. The number of aromatic nitrogens is 1. The third kappa shape index (κ3) is 2.48. The van der Waals surface area contributed by atoms with Crippen LogP contribution in [0.15, 0.2) is 10.6 Å². The van der Waals surface area contributed by atoms with Gasteiger partial charge >= 0.3 is 0 Å². The van der Waals surface area contributed by atoms with Gasteiger partial charge in [-0.05, 0) is 6.92 Å². The van der Waals surface area contributed by atoms with E-state index in [-0.39, 0.29) is 24.0 Å². The number of nitriles is 1. The van der Waals surface area contributed by atoms with Crippen LogP contribution in [0.3, 0.4) is 0 Å². The topological polar surface area (TPSA) is 105 Å². The number of carbonyl (C=O) groups excluding carboxylic acids is 1. The van der Waals surface area contributed by atoms with Crippen LogP contribution in [-0.4, -0.2) is 17.1 Å². The minimum absolute atomic E-state index is 0.0862. The van der Waals surface area contributed by atoms with Crippen molar-refractivity contribution in [3.05, 3.63) is 11.8 Å². The van der Waals surface area contributed by atoms with E-state index in [0.29, 0.717) is 0 Å². The molecule has 14 heavy (non-hydrogen) atoms. The molecule has 0 spiro atoms. The van der Waals surface area contributed by atoms with Gasteiger partial charge in [-0.2, -0.15) is 5.26 Å². The monoisotopic (exact) mass is 194 g/mol. The first-order valence-corrected chi connectivity index (χ1v) is 4.03. The molecule has 0 radical (unpaired) electrons. The van der Waals surface area contributed by atoms with Crippen LogP contribution in [0.2, 0.25) is 0 Å². The predicted octanol–water partition coefficient (Wildman–Crippen LogP) is 0.289. The molecule has 0 bridgehead atoms. The molecule has 1 atom stereocenters. The molecular weight excluding hydrogens is 184 g/mol. The molecule has 6 heteroatoms. The van der Waals surface area contributed by atoms with E-state index in [9.17, 15) is 4.79 Å². The van der Waals surface area contributed by atoms with Crippen molar-refractivity contribution in [3.8, 4) is 6.07 Å². The molecule has 3 N–H and O–H groups in total. The van der Waals surface area contributed by atoms with Gasteiger partial charge in [-0.25, -0.2) is 0 Å². The Balaban J connectivity index is 2.55. The summed E-state index contributed by atoms with van der Waals surface area (Å²) in [5.74, 6) is -0.309. The number of anilines is 1. The molecule has 0 aromatic carbocycles. The fraction of sp³-hybridized carbons (Fsp3) is 0.375. The highest BCUT2D eigenvalue weighted by Gasteiger charge is 2.13. The van der Waals surface area contributed by atoms with Gasteiger partial charge in [0, 0.05) is 12.1 Å². The number of hydrogen-bond donors (Lipinski definition) is 2. The van der Waals surface area contributed by atoms with Gasteiger partial charge in [-0.3, -0.25) is 4.79 Å². The minimum atomic E-state index is -0.395. The maximum absolute atomic E-state index is 11.3. The van der Waals surface area contributed by atoms with Crippen LogP contribution in [0.25, 0.3) is 0 Å². The first kappa shape index (κ1) is 10.1. The first-order valence-electron chi connectivity index (χ1n) is 4.03. The molecule has 0 aliphatic heterocycles. The summed E-state index contributed by atoms with van der Waals surface area (Å²) >= 11 is 0. The molecule has 0 saturated carbocycles. The van der Waals surface area contributed by atoms with Crippen molar-refractivity contribution in [2.24, 2.45) is 0 Å². The van der Waals surface area contributed by atoms with E-state index in [0.717, 1.165) is 0 Å². The summed E-state index contributed by atoms with van der Waals surface area (Å²) in [6.07, 6.45) is 0.249. The lowest BCUT2D eigenvalue weighted by molar-refractivity contribution is 0.0932. The molecule has 1 heterocycles. The van der Waals surface area contributed by atoms with E-state index < -0.39 is 5.91 Å². The average molecular weight is 194 g/mol. The van der Waals surface area contributed by atoms with Crippen LogP contribution >= 0.6 is 0 Å². The third-order valence-electron chi connectivity index (χ3n) is 1.54. The fourth-order valence-electron chi connectivity index (χ4n) is 0.882. The maximum Gasteiger partial charge on any atom is 0.273 e. The number of rotatable bonds is 3. The Morgan fingerprint density at radius 3 is 3.14 bits per heavy atom. The average Bonchev–Trinajstić information content (AvgIpc) is 2.52. The maximum atomic E-state index is 11.3. The van der Waals surface area contributed by atoms with E-state index in [4.69, 9.17) is 11.0 Å². The summed E-state index contributed by atoms with van der Waals surface area (Å²) in [6, 6.07) is 3.06. The third-order valence-corrected chi connectivity index (χ3v) is 1.54. The highest BCUT2D eigenvalue weighted by molar-refractivity contribution is 5.92. The largest absolute Gasteiger partial charge is 0.368 e. The van der Waals surface area contributed by atoms with Crippen molar-refractivity contribution < 1.29 is 9.32 Å². The highest BCUT2D eigenvalue weighted by atomic mass is 16.5. The highest BCUT2D eigenvalue weighted by Crippen LogP contribution is 2.04. The molecule has 1 unspecified atom stereocenters. The first-order chi connectivity index (χ1) is 6.63. The Morgan fingerprint density at radius 1 is 1.93 bits per heavy atom. The number of nitrogen functional groups attached to an aromatic ring is 1. The number of nitrogens with two attached hydrogens (primary N) is 1. The Bertz CT molecular complexity index is 366. The van der Waals surface area contributed by atoms with Crippen LogP contribution in [0.4, 0.5) is 5.88 Å². The summed E-state index contributed by atoms with van der Waals surface area (Å²) < 4.78 is 4.53. The molecule has 1 aromatic heterocycles. The summed E-state index contributed by atoms with van der Waals surface area (Å²) in [7, 11) is 0. The number of carbonyl (C=O) groups is 1. The molecule has 74 valence electrons. The Kier molecular flexibility index (Phi) is 3.07. The second-order valence-electron chi connectivity index (χ2n) is 2.85. The second kappa shape index (κ2) is 4.28. The van der Waals surface area contributed by atoms with Crippen molar-refractivity contribution in [2.45, 2.75) is 19.4 Å². The Labute approximate surface area is 80.7 Å². The van der Waals surface area contributed by atoms with E-state index in [1.54, 1.807) is 6.92 Å². The zero-order valence-corrected chi connectivity index (χ0v) is 7.65. The van der Waals surface area contributed by atoms with Gasteiger partial charge in [0.25, 0.3) is 5.91 Å². The van der Waals surface area contributed by atoms with Crippen molar-refractivity contribution in [2.75, 3.05) is 5.73 Å². The van der Waals surface area contributed by atoms with Crippen LogP contribution in [0.1, 0.15) is 23.8 Å². The smallest absolute Gasteiger partial charge is 0.273 e. The lowest BCUT2D eigenvalue weighted by Crippen LogP contribution is -2.32. The van der Waals surface area contributed by atoms with Crippen LogP contribution < -0.4 is 11.1 Å². The molecule has 1 aromatic rings. The summed E-state index contributed by atoms with van der Waals surface area (Å²) in [4.78, 5) is 11.3.